The number of carbonyl (C=O) groups is 1. The van der Waals surface area contributed by atoms with E-state index in [9.17, 15) is 14.9 Å². The minimum absolute atomic E-state index is 0.0584. The second-order valence-electron chi connectivity index (χ2n) is 6.01. The third kappa shape index (κ3) is 6.76. The first-order valence-electron chi connectivity index (χ1n) is 8.24. The Morgan fingerprint density at radius 3 is 2.46 bits per heavy atom. The molecule has 0 aliphatic carbocycles. The molecule has 0 unspecified atom stereocenters. The summed E-state index contributed by atoms with van der Waals surface area (Å²) in [5.74, 6) is 1.67. The smallest absolute Gasteiger partial charge is 0.269 e. The number of amides is 1. The van der Waals surface area contributed by atoms with E-state index in [4.69, 9.17) is 4.74 Å². The number of thioether (sulfide) groups is 1. The Bertz CT molecular complexity index is 732. The van der Waals surface area contributed by atoms with E-state index in [1.165, 1.54) is 29.5 Å². The van der Waals surface area contributed by atoms with Crippen molar-refractivity contribution < 1.29 is 14.5 Å². The summed E-state index contributed by atoms with van der Waals surface area (Å²) < 4.78 is 5.65. The molecule has 0 aromatic heterocycles. The van der Waals surface area contributed by atoms with Crippen LogP contribution in [0.25, 0.3) is 0 Å². The van der Waals surface area contributed by atoms with Crippen molar-refractivity contribution >= 4 is 23.4 Å². The van der Waals surface area contributed by atoms with Gasteiger partial charge in [-0.05, 0) is 31.5 Å². The molecule has 7 heteroatoms. The number of hydrogen-bond donors (Lipinski definition) is 1. The fourth-order valence-corrected chi connectivity index (χ4v) is 2.99. The van der Waals surface area contributed by atoms with Crippen LogP contribution in [0.1, 0.15) is 18.1 Å². The average Bonchev–Trinajstić information content (AvgIpc) is 2.61. The molecule has 0 aliphatic rings. The number of nitrogens with zero attached hydrogens (tertiary/aromatic N) is 1. The number of rotatable bonds is 9. The summed E-state index contributed by atoms with van der Waals surface area (Å²) in [5, 5.41) is 13.5. The highest BCUT2D eigenvalue weighted by Gasteiger charge is 2.09. The van der Waals surface area contributed by atoms with Crippen LogP contribution in [0.15, 0.2) is 48.5 Å². The van der Waals surface area contributed by atoms with Crippen LogP contribution in [0.3, 0.4) is 0 Å². The Hall–Kier alpha value is -2.54. The summed E-state index contributed by atoms with van der Waals surface area (Å²) in [6.07, 6.45) is 0. The molecule has 0 saturated carbocycles. The van der Waals surface area contributed by atoms with Gasteiger partial charge in [-0.3, -0.25) is 14.9 Å². The van der Waals surface area contributed by atoms with Gasteiger partial charge in [0.05, 0.1) is 16.7 Å². The molecule has 1 amide bonds. The van der Waals surface area contributed by atoms with E-state index in [1.807, 2.05) is 38.1 Å². The SMILES string of the molecule is Cc1ccc(OC[C@@H](C)NC(=O)CSCc2ccc([N+](=O)[O-])cc2)cc1. The molecular weight excluding hydrogens is 352 g/mol. The molecule has 138 valence electrons. The number of hydrogen-bond acceptors (Lipinski definition) is 5. The van der Waals surface area contributed by atoms with E-state index in [1.54, 1.807) is 12.1 Å². The molecule has 2 rings (SSSR count). The largest absolute Gasteiger partial charge is 0.491 e. The monoisotopic (exact) mass is 374 g/mol. The van der Waals surface area contributed by atoms with Crippen molar-refractivity contribution in [3.8, 4) is 5.75 Å². The predicted octanol–water partition coefficient (Wildman–Crippen LogP) is 3.72. The van der Waals surface area contributed by atoms with Crippen molar-refractivity contribution in [3.05, 3.63) is 69.8 Å². The van der Waals surface area contributed by atoms with E-state index in [2.05, 4.69) is 5.32 Å². The van der Waals surface area contributed by atoms with E-state index in [0.29, 0.717) is 18.1 Å². The summed E-state index contributed by atoms with van der Waals surface area (Å²) in [6.45, 7) is 4.32. The van der Waals surface area contributed by atoms with Crippen LogP contribution in [0.5, 0.6) is 5.75 Å². The van der Waals surface area contributed by atoms with Crippen molar-refractivity contribution in [2.45, 2.75) is 25.6 Å². The van der Waals surface area contributed by atoms with Crippen LogP contribution in [0.2, 0.25) is 0 Å². The molecule has 0 saturated heterocycles. The normalized spacial score (nSPS) is 11.6. The summed E-state index contributed by atoms with van der Waals surface area (Å²) in [7, 11) is 0. The molecule has 26 heavy (non-hydrogen) atoms. The van der Waals surface area contributed by atoms with Crippen LogP contribution in [-0.2, 0) is 10.5 Å². The fraction of sp³-hybridized carbons (Fsp3) is 0.316. The third-order valence-corrected chi connectivity index (χ3v) is 4.58. The molecule has 1 N–H and O–H groups in total. The van der Waals surface area contributed by atoms with Gasteiger partial charge in [0.2, 0.25) is 5.91 Å². The van der Waals surface area contributed by atoms with Crippen molar-refractivity contribution in [1.29, 1.82) is 0 Å². The van der Waals surface area contributed by atoms with Crippen LogP contribution in [-0.4, -0.2) is 29.2 Å². The maximum Gasteiger partial charge on any atom is 0.269 e. The molecule has 0 fully saturated rings. The van der Waals surface area contributed by atoms with Crippen molar-refractivity contribution in [2.75, 3.05) is 12.4 Å². The van der Waals surface area contributed by atoms with Gasteiger partial charge < -0.3 is 10.1 Å². The minimum atomic E-state index is -0.426. The summed E-state index contributed by atoms with van der Waals surface area (Å²) in [4.78, 5) is 22.2. The molecule has 6 nitrogen and oxygen atoms in total. The Balaban J connectivity index is 1.66. The van der Waals surface area contributed by atoms with Gasteiger partial charge in [0.25, 0.3) is 5.69 Å². The molecule has 0 aliphatic heterocycles. The van der Waals surface area contributed by atoms with E-state index < -0.39 is 4.92 Å². The zero-order chi connectivity index (χ0) is 18.9. The number of nitrogens with one attached hydrogen (secondary N) is 1. The number of benzene rings is 2. The fourth-order valence-electron chi connectivity index (χ4n) is 2.19. The van der Waals surface area contributed by atoms with Crippen molar-refractivity contribution in [1.82, 2.24) is 5.32 Å². The molecule has 1 atom stereocenters. The summed E-state index contributed by atoms with van der Waals surface area (Å²) in [5.41, 5.74) is 2.19. The number of carbonyl (C=O) groups excluding carboxylic acids is 1. The van der Waals surface area contributed by atoms with Crippen molar-refractivity contribution in [3.63, 3.8) is 0 Å². The van der Waals surface area contributed by atoms with Crippen LogP contribution < -0.4 is 10.1 Å². The van der Waals surface area contributed by atoms with E-state index >= 15 is 0 Å². The molecule has 0 heterocycles. The number of aryl methyl sites for hydroxylation is 1. The predicted molar refractivity (Wildman–Crippen MR) is 104 cm³/mol. The van der Waals surface area contributed by atoms with Gasteiger partial charge in [-0.25, -0.2) is 0 Å². The van der Waals surface area contributed by atoms with Gasteiger partial charge in [-0.15, -0.1) is 11.8 Å². The highest BCUT2D eigenvalue weighted by molar-refractivity contribution is 7.99. The first-order valence-corrected chi connectivity index (χ1v) is 9.39. The highest BCUT2D eigenvalue weighted by atomic mass is 32.2. The Morgan fingerprint density at radius 2 is 1.85 bits per heavy atom. The first-order chi connectivity index (χ1) is 12.4. The third-order valence-electron chi connectivity index (χ3n) is 3.58. The lowest BCUT2D eigenvalue weighted by Gasteiger charge is -2.15. The van der Waals surface area contributed by atoms with Crippen molar-refractivity contribution in [2.24, 2.45) is 0 Å². The van der Waals surface area contributed by atoms with Crippen LogP contribution >= 0.6 is 11.8 Å². The second kappa shape index (κ2) is 9.82. The quantitative estimate of drug-likeness (QED) is 0.534. The number of nitro groups is 1. The van der Waals surface area contributed by atoms with Gasteiger partial charge in [0, 0.05) is 17.9 Å². The molecule has 0 radical (unpaired) electrons. The maximum absolute atomic E-state index is 12.0. The zero-order valence-corrected chi connectivity index (χ0v) is 15.6. The minimum Gasteiger partial charge on any atom is -0.491 e. The maximum atomic E-state index is 12.0. The van der Waals surface area contributed by atoms with Gasteiger partial charge >= 0.3 is 0 Å². The van der Waals surface area contributed by atoms with Gasteiger partial charge in [-0.1, -0.05) is 29.8 Å². The lowest BCUT2D eigenvalue weighted by Crippen LogP contribution is -2.37. The zero-order valence-electron chi connectivity index (χ0n) is 14.8. The second-order valence-corrected chi connectivity index (χ2v) is 6.99. The average molecular weight is 374 g/mol. The lowest BCUT2D eigenvalue weighted by molar-refractivity contribution is -0.384. The van der Waals surface area contributed by atoms with Crippen LogP contribution in [0.4, 0.5) is 5.69 Å². The number of nitro benzene ring substituents is 1. The first kappa shape index (κ1) is 19.8. The van der Waals surface area contributed by atoms with Gasteiger partial charge in [-0.2, -0.15) is 0 Å². The van der Waals surface area contributed by atoms with Crippen LogP contribution in [0, 0.1) is 17.0 Å². The number of non-ortho nitro benzene ring substituents is 1. The topological polar surface area (TPSA) is 81.5 Å². The lowest BCUT2D eigenvalue weighted by atomic mass is 10.2. The Kier molecular flexibility index (Phi) is 7.47. The van der Waals surface area contributed by atoms with E-state index in [0.717, 1.165) is 11.3 Å². The summed E-state index contributed by atoms with van der Waals surface area (Å²) in [6, 6.07) is 14.0. The molecule has 0 spiro atoms. The van der Waals surface area contributed by atoms with Gasteiger partial charge in [0.1, 0.15) is 12.4 Å². The standard InChI is InChI=1S/C19H22N2O4S/c1-14-3-9-18(10-4-14)25-11-15(2)20-19(22)13-26-12-16-5-7-17(8-6-16)21(23)24/h3-10,15H,11-13H2,1-2H3,(H,20,22)/t15-/m1/s1. The molecule has 2 aromatic carbocycles. The van der Waals surface area contributed by atoms with Gasteiger partial charge in [0.15, 0.2) is 0 Å². The summed E-state index contributed by atoms with van der Waals surface area (Å²) >= 11 is 1.46. The molecule has 0 bridgehead atoms. The molecule has 2 aromatic rings. The highest BCUT2D eigenvalue weighted by Crippen LogP contribution is 2.16. The molecular formula is C19H22N2O4S. The Labute approximate surface area is 157 Å². The van der Waals surface area contributed by atoms with E-state index in [-0.39, 0.29) is 17.6 Å². The number of ether oxygens (including phenoxy) is 1. The Morgan fingerprint density at radius 1 is 1.19 bits per heavy atom.